The number of halogens is 1. The lowest BCUT2D eigenvalue weighted by atomic mass is 10.1. The molecule has 6 nitrogen and oxygen atoms in total. The molecule has 1 amide bonds. The van der Waals surface area contributed by atoms with Gasteiger partial charge in [0.05, 0.1) is 18.1 Å². The van der Waals surface area contributed by atoms with Gasteiger partial charge in [-0.2, -0.15) is 4.98 Å². The number of benzene rings is 1. The summed E-state index contributed by atoms with van der Waals surface area (Å²) in [4.78, 5) is 29.7. The summed E-state index contributed by atoms with van der Waals surface area (Å²) >= 11 is 6.05. The Bertz CT molecular complexity index is 828. The number of aromatic nitrogens is 2. The molecule has 0 N–H and O–H groups in total. The fourth-order valence-electron chi connectivity index (χ4n) is 2.64. The van der Waals surface area contributed by atoms with Gasteiger partial charge in [-0.25, -0.2) is 4.79 Å². The molecule has 0 unspecified atom stereocenters. The molecular weight excluding hydrogens is 330 g/mol. The van der Waals surface area contributed by atoms with E-state index in [1.54, 1.807) is 36.9 Å². The average molecular weight is 348 g/mol. The third kappa shape index (κ3) is 3.43. The van der Waals surface area contributed by atoms with E-state index < -0.39 is 5.69 Å². The first-order chi connectivity index (χ1) is 11.4. The first-order valence-corrected chi connectivity index (χ1v) is 8.06. The molecule has 1 aromatic carbocycles. The van der Waals surface area contributed by atoms with Crippen molar-refractivity contribution in [3.05, 3.63) is 57.2 Å². The number of hydrogen-bond acceptors (Lipinski definition) is 4. The number of nitrogens with zero attached hydrogens (tertiary/aromatic N) is 3. The smallest absolute Gasteiger partial charge is 0.348 e. The standard InChI is InChI=1S/C17H18ClN3O3/c1-11-7-12(2)21(17(23)19-11)10-16(22)20-8-13(9-20)24-15-6-4-3-5-14(15)18/h3-7,13H,8-10H2,1-2H3. The van der Waals surface area contributed by atoms with Crippen molar-refractivity contribution in [3.8, 4) is 5.75 Å². The normalized spacial score (nSPS) is 14.4. The summed E-state index contributed by atoms with van der Waals surface area (Å²) in [6.45, 7) is 4.51. The molecule has 3 rings (SSSR count). The van der Waals surface area contributed by atoms with E-state index in [-0.39, 0.29) is 18.6 Å². The summed E-state index contributed by atoms with van der Waals surface area (Å²) in [5, 5.41) is 0.551. The third-order valence-corrected chi connectivity index (χ3v) is 4.28. The monoisotopic (exact) mass is 347 g/mol. The van der Waals surface area contributed by atoms with E-state index in [0.717, 1.165) is 5.69 Å². The molecule has 0 atom stereocenters. The predicted molar refractivity (Wildman–Crippen MR) is 90.4 cm³/mol. The second-order valence-electron chi connectivity index (χ2n) is 5.88. The van der Waals surface area contributed by atoms with E-state index in [2.05, 4.69) is 4.98 Å². The van der Waals surface area contributed by atoms with E-state index in [1.807, 2.05) is 12.1 Å². The van der Waals surface area contributed by atoms with Crippen molar-refractivity contribution in [2.24, 2.45) is 0 Å². The summed E-state index contributed by atoms with van der Waals surface area (Å²) in [7, 11) is 0. The van der Waals surface area contributed by atoms with Gasteiger partial charge in [-0.1, -0.05) is 23.7 Å². The van der Waals surface area contributed by atoms with Gasteiger partial charge < -0.3 is 9.64 Å². The zero-order chi connectivity index (χ0) is 17.3. The van der Waals surface area contributed by atoms with Crippen LogP contribution in [-0.2, 0) is 11.3 Å². The largest absolute Gasteiger partial charge is 0.485 e. The van der Waals surface area contributed by atoms with Gasteiger partial charge in [0.2, 0.25) is 5.91 Å². The van der Waals surface area contributed by atoms with Gasteiger partial charge in [0.1, 0.15) is 18.4 Å². The minimum atomic E-state index is -0.398. The minimum absolute atomic E-state index is 0.00321. The minimum Gasteiger partial charge on any atom is -0.485 e. The van der Waals surface area contributed by atoms with Crippen LogP contribution in [-0.4, -0.2) is 39.6 Å². The van der Waals surface area contributed by atoms with Crippen LogP contribution in [0.4, 0.5) is 0 Å². The maximum atomic E-state index is 12.3. The van der Waals surface area contributed by atoms with Gasteiger partial charge in [-0.3, -0.25) is 9.36 Å². The molecule has 0 aliphatic carbocycles. The summed E-state index contributed by atoms with van der Waals surface area (Å²) in [6, 6.07) is 9.03. The molecule has 2 heterocycles. The van der Waals surface area contributed by atoms with Crippen molar-refractivity contribution in [2.75, 3.05) is 13.1 Å². The summed E-state index contributed by atoms with van der Waals surface area (Å²) in [5.74, 6) is 0.496. The van der Waals surface area contributed by atoms with Crippen LogP contribution >= 0.6 is 11.6 Å². The molecule has 2 aromatic rings. The Morgan fingerprint density at radius 1 is 1.33 bits per heavy atom. The molecule has 1 fully saturated rings. The predicted octanol–water partition coefficient (Wildman–Crippen LogP) is 1.80. The summed E-state index contributed by atoms with van der Waals surface area (Å²) < 4.78 is 7.15. The van der Waals surface area contributed by atoms with Crippen molar-refractivity contribution >= 4 is 17.5 Å². The number of amides is 1. The summed E-state index contributed by atoms with van der Waals surface area (Å²) in [5.41, 5.74) is 0.980. The lowest BCUT2D eigenvalue weighted by molar-refractivity contribution is -0.140. The maximum absolute atomic E-state index is 12.3. The van der Waals surface area contributed by atoms with Crippen molar-refractivity contribution < 1.29 is 9.53 Å². The van der Waals surface area contributed by atoms with Crippen molar-refractivity contribution in [1.82, 2.24) is 14.5 Å². The number of aryl methyl sites for hydroxylation is 2. The molecule has 126 valence electrons. The molecule has 24 heavy (non-hydrogen) atoms. The highest BCUT2D eigenvalue weighted by Gasteiger charge is 2.32. The summed E-state index contributed by atoms with van der Waals surface area (Å²) in [6.07, 6.45) is -0.0807. The lowest BCUT2D eigenvalue weighted by Gasteiger charge is -2.39. The quantitative estimate of drug-likeness (QED) is 0.846. The number of carbonyl (C=O) groups excluding carboxylic acids is 1. The van der Waals surface area contributed by atoms with Crippen molar-refractivity contribution in [1.29, 1.82) is 0 Å². The molecule has 1 aliphatic heterocycles. The lowest BCUT2D eigenvalue weighted by Crippen LogP contribution is -2.57. The Labute approximate surface area is 144 Å². The van der Waals surface area contributed by atoms with E-state index in [4.69, 9.17) is 16.3 Å². The topological polar surface area (TPSA) is 64.4 Å². The van der Waals surface area contributed by atoms with Crippen LogP contribution in [0, 0.1) is 13.8 Å². The molecule has 0 spiro atoms. The van der Waals surface area contributed by atoms with E-state index in [1.165, 1.54) is 4.57 Å². The number of hydrogen-bond donors (Lipinski definition) is 0. The first kappa shape index (κ1) is 16.5. The van der Waals surface area contributed by atoms with Gasteiger partial charge in [0.25, 0.3) is 0 Å². The number of carbonyl (C=O) groups is 1. The highest BCUT2D eigenvalue weighted by atomic mass is 35.5. The fraction of sp³-hybridized carbons (Fsp3) is 0.353. The number of rotatable bonds is 4. The van der Waals surface area contributed by atoms with Crippen LogP contribution < -0.4 is 10.4 Å². The van der Waals surface area contributed by atoms with E-state index >= 15 is 0 Å². The molecule has 0 radical (unpaired) electrons. The van der Waals surface area contributed by atoms with Crippen molar-refractivity contribution in [2.45, 2.75) is 26.5 Å². The highest BCUT2D eigenvalue weighted by Crippen LogP contribution is 2.26. The number of ether oxygens (including phenoxy) is 1. The Kier molecular flexibility index (Phi) is 4.57. The van der Waals surface area contributed by atoms with Crippen LogP contribution in [0.3, 0.4) is 0 Å². The van der Waals surface area contributed by atoms with E-state index in [0.29, 0.717) is 29.6 Å². The molecule has 1 aromatic heterocycles. The Balaban J connectivity index is 1.58. The van der Waals surface area contributed by atoms with Crippen LogP contribution in [0.25, 0.3) is 0 Å². The zero-order valence-corrected chi connectivity index (χ0v) is 14.3. The molecule has 7 heteroatoms. The van der Waals surface area contributed by atoms with Crippen LogP contribution in [0.15, 0.2) is 35.1 Å². The first-order valence-electron chi connectivity index (χ1n) is 7.68. The van der Waals surface area contributed by atoms with Crippen LogP contribution in [0.1, 0.15) is 11.4 Å². The third-order valence-electron chi connectivity index (χ3n) is 3.97. The highest BCUT2D eigenvalue weighted by molar-refractivity contribution is 6.32. The van der Waals surface area contributed by atoms with E-state index in [9.17, 15) is 9.59 Å². The van der Waals surface area contributed by atoms with Crippen molar-refractivity contribution in [3.63, 3.8) is 0 Å². The number of likely N-dealkylation sites (tertiary alicyclic amines) is 1. The second-order valence-corrected chi connectivity index (χ2v) is 6.28. The zero-order valence-electron chi connectivity index (χ0n) is 13.5. The second kappa shape index (κ2) is 6.65. The molecule has 0 bridgehead atoms. The fourth-order valence-corrected chi connectivity index (χ4v) is 2.82. The molecular formula is C17H18ClN3O3. The van der Waals surface area contributed by atoms with Crippen LogP contribution in [0.2, 0.25) is 5.02 Å². The maximum Gasteiger partial charge on any atom is 0.348 e. The van der Waals surface area contributed by atoms with Gasteiger partial charge in [-0.05, 0) is 32.0 Å². The van der Waals surface area contributed by atoms with Gasteiger partial charge in [-0.15, -0.1) is 0 Å². The average Bonchev–Trinajstić information content (AvgIpc) is 2.47. The van der Waals surface area contributed by atoms with Gasteiger partial charge in [0, 0.05) is 11.4 Å². The van der Waals surface area contributed by atoms with Gasteiger partial charge >= 0.3 is 5.69 Å². The number of para-hydroxylation sites is 1. The molecule has 1 saturated heterocycles. The van der Waals surface area contributed by atoms with Crippen LogP contribution in [0.5, 0.6) is 5.75 Å². The molecule has 1 aliphatic rings. The van der Waals surface area contributed by atoms with Gasteiger partial charge in [0.15, 0.2) is 0 Å². The Morgan fingerprint density at radius 2 is 2.04 bits per heavy atom. The Morgan fingerprint density at radius 3 is 2.71 bits per heavy atom. The SMILES string of the molecule is Cc1cc(C)n(CC(=O)N2CC(Oc3ccccc3Cl)C2)c(=O)n1. The molecule has 0 saturated carbocycles. The Hall–Kier alpha value is -2.34.